The van der Waals surface area contributed by atoms with Crippen LogP contribution in [0.4, 0.5) is 5.82 Å². The van der Waals surface area contributed by atoms with E-state index in [2.05, 4.69) is 0 Å². The average molecular weight is 437 g/mol. The molecule has 0 amide bonds. The third kappa shape index (κ3) is 4.77. The van der Waals surface area contributed by atoms with Gasteiger partial charge in [-0.25, -0.2) is 9.59 Å². The highest BCUT2D eigenvalue weighted by Crippen LogP contribution is 2.14. The zero-order chi connectivity index (χ0) is 23.3. The van der Waals surface area contributed by atoms with Crippen molar-refractivity contribution in [3.05, 3.63) is 92.1 Å². The van der Waals surface area contributed by atoms with Crippen molar-refractivity contribution in [3.8, 4) is 5.75 Å². The number of rotatable bonds is 8. The van der Waals surface area contributed by atoms with Crippen LogP contribution in [-0.4, -0.2) is 34.1 Å². The van der Waals surface area contributed by atoms with E-state index in [1.54, 1.807) is 36.4 Å². The Morgan fingerprint density at radius 1 is 1.00 bits per heavy atom. The lowest BCUT2D eigenvalue weighted by molar-refractivity contribution is 0.0474. The van der Waals surface area contributed by atoms with Crippen molar-refractivity contribution >= 4 is 17.6 Å². The molecule has 0 aliphatic heterocycles. The van der Waals surface area contributed by atoms with E-state index in [1.807, 2.05) is 13.0 Å². The van der Waals surface area contributed by atoms with Gasteiger partial charge in [-0.1, -0.05) is 30.3 Å². The summed E-state index contributed by atoms with van der Waals surface area (Å²) in [7, 11) is 1.26. The van der Waals surface area contributed by atoms with Gasteiger partial charge in [-0.3, -0.25) is 18.7 Å². The van der Waals surface area contributed by atoms with Crippen LogP contribution in [0.1, 0.15) is 33.2 Å². The summed E-state index contributed by atoms with van der Waals surface area (Å²) in [4.78, 5) is 50.1. The van der Waals surface area contributed by atoms with Gasteiger partial charge >= 0.3 is 11.7 Å². The number of anilines is 1. The average Bonchev–Trinajstić information content (AvgIpc) is 2.80. The molecule has 0 spiro atoms. The summed E-state index contributed by atoms with van der Waals surface area (Å²) in [5.41, 5.74) is 5.12. The smallest absolute Gasteiger partial charge is 0.338 e. The second-order valence-electron chi connectivity index (χ2n) is 6.94. The monoisotopic (exact) mass is 437 g/mol. The lowest BCUT2D eigenvalue weighted by Crippen LogP contribution is -2.43. The molecule has 0 atom stereocenters. The highest BCUT2D eigenvalue weighted by Gasteiger charge is 2.23. The predicted molar refractivity (Wildman–Crippen MR) is 118 cm³/mol. The standard InChI is InChI=1S/C23H23N3O6/c1-3-31-17-11-9-16(10-12-17)22(29)32-14-18(27)19-20(24)26(23(30)25(2)21(19)28)13-15-7-5-4-6-8-15/h4-12H,3,13-14,24H2,1-2H3. The topological polar surface area (TPSA) is 123 Å². The molecule has 32 heavy (non-hydrogen) atoms. The number of aromatic nitrogens is 2. The normalized spacial score (nSPS) is 10.6. The van der Waals surface area contributed by atoms with Gasteiger partial charge in [-0.15, -0.1) is 0 Å². The van der Waals surface area contributed by atoms with E-state index in [1.165, 1.54) is 19.2 Å². The van der Waals surface area contributed by atoms with E-state index in [0.717, 1.165) is 14.7 Å². The fourth-order valence-corrected chi connectivity index (χ4v) is 3.10. The molecule has 2 aromatic carbocycles. The van der Waals surface area contributed by atoms with Crippen molar-refractivity contribution < 1.29 is 19.1 Å². The number of hydrogen-bond donors (Lipinski definition) is 1. The molecule has 0 bridgehead atoms. The minimum Gasteiger partial charge on any atom is -0.494 e. The summed E-state index contributed by atoms with van der Waals surface area (Å²) < 4.78 is 12.3. The van der Waals surface area contributed by atoms with Crippen LogP contribution in [0.2, 0.25) is 0 Å². The highest BCUT2D eigenvalue weighted by atomic mass is 16.5. The summed E-state index contributed by atoms with van der Waals surface area (Å²) in [6.07, 6.45) is 0. The van der Waals surface area contributed by atoms with Crippen molar-refractivity contribution in [2.75, 3.05) is 18.9 Å². The van der Waals surface area contributed by atoms with Crippen molar-refractivity contribution in [1.29, 1.82) is 0 Å². The number of hydrogen-bond acceptors (Lipinski definition) is 7. The van der Waals surface area contributed by atoms with E-state index < -0.39 is 35.2 Å². The fraction of sp³-hybridized carbons (Fsp3) is 0.217. The molecule has 0 radical (unpaired) electrons. The molecular weight excluding hydrogens is 414 g/mol. The van der Waals surface area contributed by atoms with Crippen LogP contribution in [0.25, 0.3) is 0 Å². The van der Waals surface area contributed by atoms with E-state index in [4.69, 9.17) is 15.2 Å². The quantitative estimate of drug-likeness (QED) is 0.420. The van der Waals surface area contributed by atoms with Gasteiger partial charge in [-0.2, -0.15) is 0 Å². The molecule has 2 N–H and O–H groups in total. The van der Waals surface area contributed by atoms with Crippen LogP contribution in [0.5, 0.6) is 5.75 Å². The van der Waals surface area contributed by atoms with Crippen LogP contribution >= 0.6 is 0 Å². The van der Waals surface area contributed by atoms with E-state index >= 15 is 0 Å². The van der Waals surface area contributed by atoms with E-state index in [-0.39, 0.29) is 17.9 Å². The van der Waals surface area contributed by atoms with E-state index in [9.17, 15) is 19.2 Å². The number of nitrogens with zero attached hydrogens (tertiary/aromatic N) is 2. The van der Waals surface area contributed by atoms with Gasteiger partial charge in [0.2, 0.25) is 5.78 Å². The number of benzene rings is 2. The van der Waals surface area contributed by atoms with Crippen LogP contribution in [-0.2, 0) is 18.3 Å². The molecule has 0 aliphatic rings. The molecule has 0 saturated carbocycles. The maximum absolute atomic E-state index is 12.7. The van der Waals surface area contributed by atoms with Gasteiger partial charge in [0.1, 0.15) is 17.1 Å². The first-order valence-corrected chi connectivity index (χ1v) is 9.89. The van der Waals surface area contributed by atoms with Gasteiger partial charge < -0.3 is 15.2 Å². The number of carbonyl (C=O) groups is 2. The van der Waals surface area contributed by atoms with Crippen LogP contribution in [0, 0.1) is 0 Å². The Balaban J connectivity index is 1.82. The first kappa shape index (κ1) is 22.5. The molecule has 1 heterocycles. The second-order valence-corrected chi connectivity index (χ2v) is 6.94. The molecule has 0 saturated heterocycles. The minimum atomic E-state index is -0.848. The van der Waals surface area contributed by atoms with Crippen LogP contribution in [0.3, 0.4) is 0 Å². The molecule has 9 nitrogen and oxygen atoms in total. The summed E-state index contributed by atoms with van der Waals surface area (Å²) in [6, 6.07) is 15.2. The molecule has 166 valence electrons. The number of Topliss-reactive ketones (excluding diaryl/α,β-unsaturated/α-hetero) is 1. The molecule has 3 rings (SSSR count). The summed E-state index contributed by atoms with van der Waals surface area (Å²) in [6.45, 7) is 1.70. The maximum Gasteiger partial charge on any atom is 0.338 e. The molecule has 0 unspecified atom stereocenters. The number of nitrogen functional groups attached to an aromatic ring is 1. The van der Waals surface area contributed by atoms with Gasteiger partial charge in [0, 0.05) is 7.05 Å². The first-order chi connectivity index (χ1) is 15.3. The molecule has 3 aromatic rings. The van der Waals surface area contributed by atoms with Crippen molar-refractivity contribution in [2.45, 2.75) is 13.5 Å². The number of nitrogens with two attached hydrogens (primary N) is 1. The van der Waals surface area contributed by atoms with E-state index in [0.29, 0.717) is 12.4 Å². The number of carbonyl (C=O) groups excluding carboxylic acids is 2. The zero-order valence-corrected chi connectivity index (χ0v) is 17.7. The van der Waals surface area contributed by atoms with Gasteiger partial charge in [0.05, 0.1) is 18.7 Å². The van der Waals surface area contributed by atoms with Crippen molar-refractivity contribution in [1.82, 2.24) is 9.13 Å². The third-order valence-electron chi connectivity index (χ3n) is 4.78. The highest BCUT2D eigenvalue weighted by molar-refractivity contribution is 6.02. The number of ether oxygens (including phenoxy) is 2. The van der Waals surface area contributed by atoms with Crippen LogP contribution in [0.15, 0.2) is 64.2 Å². The summed E-state index contributed by atoms with van der Waals surface area (Å²) >= 11 is 0. The zero-order valence-electron chi connectivity index (χ0n) is 17.7. The van der Waals surface area contributed by atoms with Gasteiger partial charge in [0.15, 0.2) is 6.61 Å². The number of esters is 1. The Morgan fingerprint density at radius 3 is 2.28 bits per heavy atom. The first-order valence-electron chi connectivity index (χ1n) is 9.89. The molecule has 0 aliphatic carbocycles. The predicted octanol–water partition coefficient (Wildman–Crippen LogP) is 1.62. The maximum atomic E-state index is 12.7. The molecule has 1 aromatic heterocycles. The summed E-state index contributed by atoms with van der Waals surface area (Å²) in [5, 5.41) is 0. The van der Waals surface area contributed by atoms with Gasteiger partial charge in [-0.05, 0) is 36.8 Å². The molecule has 0 fully saturated rings. The van der Waals surface area contributed by atoms with Crippen molar-refractivity contribution in [3.63, 3.8) is 0 Å². The minimum absolute atomic E-state index is 0.0753. The Kier molecular flexibility index (Phi) is 6.89. The lowest BCUT2D eigenvalue weighted by atomic mass is 10.1. The lowest BCUT2D eigenvalue weighted by Gasteiger charge is -2.14. The number of ketones is 1. The Bertz CT molecular complexity index is 1240. The van der Waals surface area contributed by atoms with Crippen molar-refractivity contribution in [2.24, 2.45) is 7.05 Å². The Labute approximate surface area is 183 Å². The Hall–Kier alpha value is -4.14. The SMILES string of the molecule is CCOc1ccc(C(=O)OCC(=O)c2c(N)n(Cc3ccccc3)c(=O)n(C)c2=O)cc1. The Morgan fingerprint density at radius 2 is 1.66 bits per heavy atom. The van der Waals surface area contributed by atoms with Crippen LogP contribution < -0.4 is 21.7 Å². The largest absolute Gasteiger partial charge is 0.494 e. The third-order valence-corrected chi connectivity index (χ3v) is 4.78. The molecular formula is C23H23N3O6. The fourth-order valence-electron chi connectivity index (χ4n) is 3.10. The summed E-state index contributed by atoms with van der Waals surface area (Å²) in [5.74, 6) is -1.22. The molecule has 9 heteroatoms. The van der Waals surface area contributed by atoms with Gasteiger partial charge in [0.25, 0.3) is 5.56 Å². The second kappa shape index (κ2) is 9.78.